The average Bonchev–Trinajstić information content (AvgIpc) is 2.71. The molecular formula is C21H20O6. The second-order valence-electron chi connectivity index (χ2n) is 6.05. The largest absolute Gasteiger partial charge is 0.445 e. The lowest BCUT2D eigenvalue weighted by molar-refractivity contribution is -0.240. The lowest BCUT2D eigenvalue weighted by Gasteiger charge is -2.41. The number of fused-ring (bicyclic) bond motifs is 1. The van der Waals surface area contributed by atoms with E-state index in [1.807, 2.05) is 0 Å². The molecule has 0 aliphatic carbocycles. The smallest absolute Gasteiger partial charge is 0.326 e. The molecule has 0 radical (unpaired) electrons. The van der Waals surface area contributed by atoms with Crippen LogP contribution in [0.15, 0.2) is 54.6 Å². The fraction of sp³-hybridized carbons (Fsp3) is 0.286. The molecule has 1 aliphatic heterocycles. The summed E-state index contributed by atoms with van der Waals surface area (Å²) in [5.41, 5.74) is 0.675. The number of rotatable bonds is 5. The summed E-state index contributed by atoms with van der Waals surface area (Å²) in [6.45, 7) is 3.25. The molecule has 0 saturated carbocycles. The first-order chi connectivity index (χ1) is 13.0. The van der Waals surface area contributed by atoms with Crippen LogP contribution in [0, 0.1) is 0 Å². The highest BCUT2D eigenvalue weighted by Crippen LogP contribution is 2.42. The topological polar surface area (TPSA) is 78.9 Å². The third-order valence-corrected chi connectivity index (χ3v) is 4.27. The fourth-order valence-corrected chi connectivity index (χ4v) is 2.89. The molecule has 0 amide bonds. The van der Waals surface area contributed by atoms with Gasteiger partial charge in [0.2, 0.25) is 11.9 Å². The Morgan fingerprint density at radius 2 is 1.59 bits per heavy atom. The van der Waals surface area contributed by atoms with Gasteiger partial charge in [-0.15, -0.1) is 0 Å². The van der Waals surface area contributed by atoms with Crippen molar-refractivity contribution >= 4 is 17.7 Å². The summed E-state index contributed by atoms with van der Waals surface area (Å²) < 4.78 is 17.1. The number of esters is 2. The highest BCUT2D eigenvalue weighted by atomic mass is 16.7. The zero-order chi connectivity index (χ0) is 19.4. The van der Waals surface area contributed by atoms with Gasteiger partial charge in [0.15, 0.2) is 0 Å². The van der Waals surface area contributed by atoms with Crippen molar-refractivity contribution in [2.45, 2.75) is 38.6 Å². The molecule has 2 unspecified atom stereocenters. The Balaban J connectivity index is 2.21. The van der Waals surface area contributed by atoms with Crippen LogP contribution >= 0.6 is 0 Å². The van der Waals surface area contributed by atoms with Gasteiger partial charge in [-0.2, -0.15) is 0 Å². The summed E-state index contributed by atoms with van der Waals surface area (Å²) in [5.74, 6) is -3.27. The van der Waals surface area contributed by atoms with Crippen LogP contribution in [-0.4, -0.2) is 23.8 Å². The van der Waals surface area contributed by atoms with Crippen molar-refractivity contribution in [2.24, 2.45) is 0 Å². The van der Waals surface area contributed by atoms with Gasteiger partial charge in [0.05, 0.1) is 5.56 Å². The molecule has 6 heteroatoms. The van der Waals surface area contributed by atoms with E-state index in [4.69, 9.17) is 14.2 Å². The van der Waals surface area contributed by atoms with Crippen molar-refractivity contribution < 1.29 is 28.6 Å². The van der Waals surface area contributed by atoms with Crippen LogP contribution in [0.1, 0.15) is 42.6 Å². The quantitative estimate of drug-likeness (QED) is 0.753. The number of carbonyl (C=O) groups is 3. The van der Waals surface area contributed by atoms with Crippen LogP contribution in [0.25, 0.3) is 0 Å². The standard InChI is InChI=1S/C21H20O6/c1-3-17(22)25-20-19(24)15-12-8-9-13-16(15)26-21(20,27-18(23)4-2)14-10-6-5-7-11-14/h5-13,20H,3-4H2,1-2H3. The molecule has 0 saturated heterocycles. The number of carbonyl (C=O) groups excluding carboxylic acids is 3. The maximum Gasteiger partial charge on any atom is 0.326 e. The number of ketones is 1. The van der Waals surface area contributed by atoms with Gasteiger partial charge in [-0.1, -0.05) is 56.3 Å². The van der Waals surface area contributed by atoms with Gasteiger partial charge in [0, 0.05) is 18.4 Å². The van der Waals surface area contributed by atoms with E-state index in [2.05, 4.69) is 0 Å². The van der Waals surface area contributed by atoms with Gasteiger partial charge in [-0.25, -0.2) is 0 Å². The monoisotopic (exact) mass is 368 g/mol. The second kappa shape index (κ2) is 7.61. The second-order valence-corrected chi connectivity index (χ2v) is 6.05. The lowest BCUT2D eigenvalue weighted by Crippen LogP contribution is -2.56. The summed E-state index contributed by atoms with van der Waals surface area (Å²) in [6, 6.07) is 15.2. The van der Waals surface area contributed by atoms with E-state index < -0.39 is 29.6 Å². The Hall–Kier alpha value is -3.15. The first kappa shape index (κ1) is 18.6. The van der Waals surface area contributed by atoms with E-state index in [1.165, 1.54) is 0 Å². The van der Waals surface area contributed by atoms with Crippen molar-refractivity contribution in [1.29, 1.82) is 0 Å². The highest BCUT2D eigenvalue weighted by Gasteiger charge is 2.57. The van der Waals surface area contributed by atoms with E-state index in [0.29, 0.717) is 5.56 Å². The predicted molar refractivity (Wildman–Crippen MR) is 96.1 cm³/mol. The maximum atomic E-state index is 13.2. The molecule has 1 aliphatic rings. The predicted octanol–water partition coefficient (Wildman–Crippen LogP) is 3.39. The van der Waals surface area contributed by atoms with Gasteiger partial charge in [-0.3, -0.25) is 14.4 Å². The lowest BCUT2D eigenvalue weighted by atomic mass is 9.90. The number of benzene rings is 2. The summed E-state index contributed by atoms with van der Waals surface area (Å²) in [5, 5.41) is 0. The Kier molecular flexibility index (Phi) is 5.26. The molecule has 0 spiro atoms. The van der Waals surface area contributed by atoms with Crippen molar-refractivity contribution in [2.75, 3.05) is 0 Å². The minimum absolute atomic E-state index is 0.0675. The van der Waals surface area contributed by atoms with Crippen LogP contribution in [0.4, 0.5) is 0 Å². The van der Waals surface area contributed by atoms with Crippen molar-refractivity contribution in [3.63, 3.8) is 0 Å². The molecule has 140 valence electrons. The van der Waals surface area contributed by atoms with E-state index in [9.17, 15) is 14.4 Å². The molecule has 3 rings (SSSR count). The van der Waals surface area contributed by atoms with E-state index >= 15 is 0 Å². The molecule has 2 atom stereocenters. The van der Waals surface area contributed by atoms with Crippen molar-refractivity contribution in [1.82, 2.24) is 0 Å². The van der Waals surface area contributed by atoms with Crippen LogP contribution in [0.2, 0.25) is 0 Å². The van der Waals surface area contributed by atoms with Gasteiger partial charge >= 0.3 is 17.7 Å². The number of ether oxygens (including phenoxy) is 3. The van der Waals surface area contributed by atoms with Gasteiger partial charge in [0.1, 0.15) is 5.75 Å². The minimum atomic E-state index is -1.88. The van der Waals surface area contributed by atoms with Crippen molar-refractivity contribution in [3.05, 3.63) is 65.7 Å². The van der Waals surface area contributed by atoms with Crippen LogP contribution < -0.4 is 4.74 Å². The number of Topliss-reactive ketones (excluding diaryl/α,β-unsaturated/α-hetero) is 1. The average molecular weight is 368 g/mol. The first-order valence-electron chi connectivity index (χ1n) is 8.81. The summed E-state index contributed by atoms with van der Waals surface area (Å²) >= 11 is 0. The minimum Gasteiger partial charge on any atom is -0.445 e. The molecule has 2 aromatic carbocycles. The van der Waals surface area contributed by atoms with Gasteiger partial charge in [-0.05, 0) is 12.1 Å². The number of para-hydroxylation sites is 1. The third-order valence-electron chi connectivity index (χ3n) is 4.27. The van der Waals surface area contributed by atoms with E-state index in [0.717, 1.165) is 0 Å². The highest BCUT2D eigenvalue weighted by molar-refractivity contribution is 6.04. The Morgan fingerprint density at radius 1 is 0.963 bits per heavy atom. The summed E-state index contributed by atoms with van der Waals surface area (Å²) in [4.78, 5) is 37.4. The summed E-state index contributed by atoms with van der Waals surface area (Å²) in [7, 11) is 0. The molecular weight excluding hydrogens is 348 g/mol. The van der Waals surface area contributed by atoms with E-state index in [-0.39, 0.29) is 24.2 Å². The zero-order valence-corrected chi connectivity index (χ0v) is 15.1. The van der Waals surface area contributed by atoms with Crippen LogP contribution in [0.3, 0.4) is 0 Å². The number of hydrogen-bond acceptors (Lipinski definition) is 6. The summed E-state index contributed by atoms with van der Waals surface area (Å²) in [6.07, 6.45) is -1.31. The van der Waals surface area contributed by atoms with Crippen LogP contribution in [0.5, 0.6) is 5.75 Å². The molecule has 2 aromatic rings. The molecule has 0 aromatic heterocycles. The molecule has 27 heavy (non-hydrogen) atoms. The molecule has 0 N–H and O–H groups in total. The molecule has 1 heterocycles. The van der Waals surface area contributed by atoms with Gasteiger partial charge < -0.3 is 14.2 Å². The maximum absolute atomic E-state index is 13.2. The Morgan fingerprint density at radius 3 is 2.26 bits per heavy atom. The Bertz CT molecular complexity index is 860. The molecule has 0 bridgehead atoms. The normalized spacial score (nSPS) is 21.0. The number of hydrogen-bond donors (Lipinski definition) is 0. The zero-order valence-electron chi connectivity index (χ0n) is 15.1. The SMILES string of the molecule is CCC(=O)OC1C(=O)c2ccccc2OC1(OC(=O)CC)c1ccccc1. The van der Waals surface area contributed by atoms with Gasteiger partial charge in [0.25, 0.3) is 0 Å². The Labute approximate surface area is 157 Å². The van der Waals surface area contributed by atoms with E-state index in [1.54, 1.807) is 68.4 Å². The molecule has 6 nitrogen and oxygen atoms in total. The van der Waals surface area contributed by atoms with Crippen molar-refractivity contribution in [3.8, 4) is 5.75 Å². The van der Waals surface area contributed by atoms with Crippen LogP contribution in [-0.2, 0) is 24.8 Å². The first-order valence-corrected chi connectivity index (χ1v) is 8.81. The third kappa shape index (κ3) is 3.43. The fourth-order valence-electron chi connectivity index (χ4n) is 2.89. The molecule has 0 fully saturated rings.